The number of aromatic nitrogens is 1. The fourth-order valence-electron chi connectivity index (χ4n) is 4.66. The summed E-state index contributed by atoms with van der Waals surface area (Å²) in [6.07, 6.45) is 11.7. The normalized spacial score (nSPS) is 18.3. The Morgan fingerprint density at radius 1 is 1.19 bits per heavy atom. The number of hydrogen-bond donors (Lipinski definition) is 2. The molecule has 1 saturated heterocycles. The maximum atomic E-state index is 13.9. The summed E-state index contributed by atoms with van der Waals surface area (Å²) in [4.78, 5) is 19.0. The van der Waals surface area contributed by atoms with Crippen LogP contribution < -0.4 is 10.1 Å². The van der Waals surface area contributed by atoms with Crippen LogP contribution >= 0.6 is 0 Å². The third-order valence-electron chi connectivity index (χ3n) is 6.66. The Morgan fingerprint density at radius 3 is 2.83 bits per heavy atom. The number of carbonyl (C=O) groups is 1. The third-order valence-corrected chi connectivity index (χ3v) is 6.66. The highest BCUT2D eigenvalue weighted by atomic mass is 16.5. The second-order valence-corrected chi connectivity index (χ2v) is 9.33. The number of benzene rings is 2. The molecular weight excluding hydrogens is 446 g/mol. The van der Waals surface area contributed by atoms with Gasteiger partial charge in [0.25, 0.3) is 5.91 Å². The maximum absolute atomic E-state index is 13.9. The van der Waals surface area contributed by atoms with Crippen molar-refractivity contribution in [3.63, 3.8) is 0 Å². The van der Waals surface area contributed by atoms with Crippen LogP contribution in [0.15, 0.2) is 84.9 Å². The number of carbonyl (C=O) groups excluding carboxylic acids is 1. The van der Waals surface area contributed by atoms with Crippen LogP contribution in [0, 0.1) is 0 Å². The highest BCUT2D eigenvalue weighted by molar-refractivity contribution is 5.97. The quantitative estimate of drug-likeness (QED) is 0.333. The number of nitrogens with zero attached hydrogens (tertiary/aromatic N) is 1. The summed E-state index contributed by atoms with van der Waals surface area (Å²) in [5, 5.41) is 4.66. The lowest BCUT2D eigenvalue weighted by atomic mass is 10.0. The molecule has 1 atom stereocenters. The first-order valence-electron chi connectivity index (χ1n) is 13.0. The predicted molar refractivity (Wildman–Crippen MR) is 149 cm³/mol. The first-order valence-corrected chi connectivity index (χ1v) is 13.0. The van der Waals surface area contributed by atoms with Gasteiger partial charge in [-0.15, -0.1) is 0 Å². The number of aromatic amines is 1. The van der Waals surface area contributed by atoms with E-state index in [-0.39, 0.29) is 11.9 Å². The van der Waals surface area contributed by atoms with Gasteiger partial charge in [0.05, 0.1) is 18.0 Å². The first-order chi connectivity index (χ1) is 17.5. The largest absolute Gasteiger partial charge is 0.493 e. The van der Waals surface area contributed by atoms with Gasteiger partial charge in [-0.1, -0.05) is 44.6 Å². The van der Waals surface area contributed by atoms with Gasteiger partial charge in [-0.2, -0.15) is 0 Å². The Bertz CT molecular complexity index is 1280. The second kappa shape index (κ2) is 11.8. The highest BCUT2D eigenvalue weighted by Crippen LogP contribution is 2.34. The smallest absolute Gasteiger partial charge is 0.258 e. The van der Waals surface area contributed by atoms with Crippen molar-refractivity contribution in [3.8, 4) is 16.9 Å². The zero-order valence-corrected chi connectivity index (χ0v) is 21.6. The molecule has 1 amide bonds. The molecule has 0 spiro atoms. The third kappa shape index (κ3) is 5.56. The molecule has 1 aliphatic rings. The van der Waals surface area contributed by atoms with Crippen molar-refractivity contribution in [2.24, 2.45) is 0 Å². The zero-order chi connectivity index (χ0) is 25.5. The fourth-order valence-corrected chi connectivity index (χ4v) is 4.66. The van der Waals surface area contributed by atoms with E-state index in [1.807, 2.05) is 48.4 Å². The summed E-state index contributed by atoms with van der Waals surface area (Å²) >= 11 is 0. The number of fused-ring (bicyclic) bond motifs is 1. The minimum absolute atomic E-state index is 0.0376. The van der Waals surface area contributed by atoms with Crippen molar-refractivity contribution in [2.45, 2.75) is 52.5 Å². The highest BCUT2D eigenvalue weighted by Gasteiger charge is 2.27. The number of unbranched alkanes of at least 4 members (excludes halogenated alkanes) is 2. The van der Waals surface area contributed by atoms with Crippen molar-refractivity contribution in [3.05, 3.63) is 90.4 Å². The molecule has 2 N–H and O–H groups in total. The van der Waals surface area contributed by atoms with Crippen LogP contribution in [0.2, 0.25) is 0 Å². The first kappa shape index (κ1) is 25.4. The van der Waals surface area contributed by atoms with Crippen LogP contribution in [0.5, 0.6) is 5.75 Å². The number of nitrogens with one attached hydrogen (secondary N) is 2. The average molecular weight is 484 g/mol. The lowest BCUT2D eigenvalue weighted by molar-refractivity contribution is 0.0809. The molecule has 2 aromatic carbocycles. The van der Waals surface area contributed by atoms with Crippen LogP contribution in [0.1, 0.15) is 56.8 Å². The summed E-state index contributed by atoms with van der Waals surface area (Å²) in [7, 11) is 0. The average Bonchev–Trinajstić information content (AvgIpc) is 3.30. The van der Waals surface area contributed by atoms with Gasteiger partial charge in [0.1, 0.15) is 5.75 Å². The zero-order valence-electron chi connectivity index (χ0n) is 21.6. The molecule has 1 fully saturated rings. The van der Waals surface area contributed by atoms with Crippen LogP contribution in [0.25, 0.3) is 22.0 Å². The summed E-state index contributed by atoms with van der Waals surface area (Å²) in [5.74, 6) is 0.707. The number of rotatable bonds is 8. The summed E-state index contributed by atoms with van der Waals surface area (Å²) in [6.45, 7) is 11.4. The summed E-state index contributed by atoms with van der Waals surface area (Å²) in [6, 6.07) is 14.5. The molecule has 2 heterocycles. The van der Waals surface area contributed by atoms with Crippen molar-refractivity contribution in [1.29, 1.82) is 0 Å². The monoisotopic (exact) mass is 483 g/mol. The Hall–Kier alpha value is -3.73. The molecule has 0 unspecified atom stereocenters. The van der Waals surface area contributed by atoms with Gasteiger partial charge in [-0.3, -0.25) is 4.79 Å². The molecule has 0 radical (unpaired) electrons. The molecule has 3 aromatic rings. The van der Waals surface area contributed by atoms with Gasteiger partial charge in [0.15, 0.2) is 0 Å². The van der Waals surface area contributed by atoms with Gasteiger partial charge in [-0.25, -0.2) is 0 Å². The van der Waals surface area contributed by atoms with Gasteiger partial charge in [0, 0.05) is 35.4 Å². The molecule has 5 heteroatoms. The van der Waals surface area contributed by atoms with Crippen molar-refractivity contribution >= 4 is 16.8 Å². The molecule has 0 bridgehead atoms. The number of ether oxygens (including phenoxy) is 1. The molecule has 5 nitrogen and oxygen atoms in total. The molecular formula is C31H37N3O2. The summed E-state index contributed by atoms with van der Waals surface area (Å²) < 4.78 is 6.29. The Balaban J connectivity index is 1.71. The van der Waals surface area contributed by atoms with Crippen LogP contribution in [-0.4, -0.2) is 35.0 Å². The molecule has 4 rings (SSSR count). The number of allylic oxidation sites excluding steroid dienone is 3. The molecule has 0 aliphatic carbocycles. The van der Waals surface area contributed by atoms with E-state index in [1.54, 1.807) is 6.08 Å². The standard InChI is InChI=1S/C31H37N3O2/c1-5-8-9-19-36-30-21-25(11-13-26(30)23-12-14-28-24(20-23)15-17-32-28)31(35)34-18-16-22(4)33-27(7-3)29(34)10-6-2/h6-7,10-15,17,20-22,32-33H,2,5,8-9,16,18-19H2,1,3-4H3/b27-7+,29-10+/t22-/m0/s1. The number of H-pyrrole nitrogens is 1. The second-order valence-electron chi connectivity index (χ2n) is 9.33. The maximum Gasteiger partial charge on any atom is 0.258 e. The van der Waals surface area contributed by atoms with E-state index in [4.69, 9.17) is 4.74 Å². The fraction of sp³-hybridized carbons (Fsp3) is 0.323. The minimum Gasteiger partial charge on any atom is -0.493 e. The van der Waals surface area contributed by atoms with E-state index < -0.39 is 0 Å². The molecule has 0 saturated carbocycles. The Kier molecular flexibility index (Phi) is 8.32. The Morgan fingerprint density at radius 2 is 2.06 bits per heavy atom. The van der Waals surface area contributed by atoms with Gasteiger partial charge in [-0.05, 0) is 80.1 Å². The van der Waals surface area contributed by atoms with Crippen molar-refractivity contribution < 1.29 is 9.53 Å². The minimum atomic E-state index is -0.0376. The molecule has 1 aliphatic heterocycles. The van der Waals surface area contributed by atoms with E-state index in [9.17, 15) is 4.79 Å². The van der Waals surface area contributed by atoms with Crippen LogP contribution in [-0.2, 0) is 0 Å². The van der Waals surface area contributed by atoms with E-state index in [0.29, 0.717) is 18.7 Å². The van der Waals surface area contributed by atoms with Crippen LogP contribution in [0.4, 0.5) is 0 Å². The molecule has 1 aromatic heterocycles. The predicted octanol–water partition coefficient (Wildman–Crippen LogP) is 7.20. The van der Waals surface area contributed by atoms with Gasteiger partial charge < -0.3 is 19.9 Å². The Labute approximate surface area is 214 Å². The SMILES string of the molecule is C=C/C=C1\C(=C/C)N[C@@H](C)CCN1C(=O)c1ccc(-c2ccc3[nH]ccc3c2)c(OCCCCC)c1. The van der Waals surface area contributed by atoms with Gasteiger partial charge in [0.2, 0.25) is 0 Å². The summed E-state index contributed by atoms with van der Waals surface area (Å²) in [5.41, 5.74) is 5.57. The van der Waals surface area contributed by atoms with E-state index >= 15 is 0 Å². The molecule has 188 valence electrons. The lowest BCUT2D eigenvalue weighted by Gasteiger charge is -2.25. The van der Waals surface area contributed by atoms with Gasteiger partial charge >= 0.3 is 0 Å². The van der Waals surface area contributed by atoms with Crippen molar-refractivity contribution in [2.75, 3.05) is 13.2 Å². The van der Waals surface area contributed by atoms with Crippen molar-refractivity contribution in [1.82, 2.24) is 15.2 Å². The van der Waals surface area contributed by atoms with Crippen LogP contribution in [0.3, 0.4) is 0 Å². The van der Waals surface area contributed by atoms with E-state index in [1.165, 1.54) is 0 Å². The topological polar surface area (TPSA) is 57.4 Å². The number of hydrogen-bond acceptors (Lipinski definition) is 3. The van der Waals surface area contributed by atoms with E-state index in [2.05, 4.69) is 55.0 Å². The molecule has 36 heavy (non-hydrogen) atoms. The van der Waals surface area contributed by atoms with E-state index in [0.717, 1.165) is 64.9 Å². The lowest BCUT2D eigenvalue weighted by Crippen LogP contribution is -2.31. The number of amides is 1.